The number of hydrogen-bond acceptors (Lipinski definition) is 3. The van der Waals surface area contributed by atoms with Gasteiger partial charge in [0.25, 0.3) is 0 Å². The van der Waals surface area contributed by atoms with Gasteiger partial charge in [-0.15, -0.1) is 0 Å². The minimum absolute atomic E-state index is 0.150. The lowest BCUT2D eigenvalue weighted by molar-refractivity contribution is -0.120. The summed E-state index contributed by atoms with van der Waals surface area (Å²) in [5, 5.41) is 2.46. The van der Waals surface area contributed by atoms with Crippen LogP contribution >= 0.6 is 0 Å². The Labute approximate surface area is 110 Å². The van der Waals surface area contributed by atoms with Gasteiger partial charge >= 0.3 is 0 Å². The van der Waals surface area contributed by atoms with Crippen molar-refractivity contribution in [2.45, 2.75) is 24.8 Å². The van der Waals surface area contributed by atoms with Crippen LogP contribution < -0.4 is 10.0 Å². The molecule has 0 aliphatic rings. The van der Waals surface area contributed by atoms with Crippen molar-refractivity contribution in [2.75, 3.05) is 6.54 Å². The lowest BCUT2D eigenvalue weighted by Crippen LogP contribution is -2.40. The van der Waals surface area contributed by atoms with Crippen molar-refractivity contribution >= 4 is 15.9 Å². The van der Waals surface area contributed by atoms with Gasteiger partial charge in [-0.25, -0.2) is 21.9 Å². The molecule has 5 nitrogen and oxygen atoms in total. The van der Waals surface area contributed by atoms with Crippen molar-refractivity contribution in [3.63, 3.8) is 0 Å². The summed E-state index contributed by atoms with van der Waals surface area (Å²) in [6.45, 7) is 2.87. The van der Waals surface area contributed by atoms with Gasteiger partial charge in [-0.3, -0.25) is 4.79 Å². The normalized spacial score (nSPS) is 11.6. The lowest BCUT2D eigenvalue weighted by atomic mass is 10.3. The molecule has 0 saturated carbocycles. The standard InChI is InChI=1S/C11H14F2N2O3S/c1-7(2)15-11(16)6-14-19(17,18)10-5-8(12)3-4-9(10)13/h3-5,7,14H,6H2,1-2H3,(H,15,16). The van der Waals surface area contributed by atoms with E-state index >= 15 is 0 Å². The Balaban J connectivity index is 2.82. The van der Waals surface area contributed by atoms with Crippen LogP contribution in [0.25, 0.3) is 0 Å². The van der Waals surface area contributed by atoms with E-state index in [1.165, 1.54) is 0 Å². The highest BCUT2D eigenvalue weighted by Gasteiger charge is 2.20. The quantitative estimate of drug-likeness (QED) is 0.841. The number of hydrogen-bond donors (Lipinski definition) is 2. The molecular weight excluding hydrogens is 278 g/mol. The highest BCUT2D eigenvalue weighted by Crippen LogP contribution is 2.15. The summed E-state index contributed by atoms with van der Waals surface area (Å²) in [5.74, 6) is -2.53. The number of nitrogens with one attached hydrogen (secondary N) is 2. The molecule has 1 aromatic rings. The first-order chi connectivity index (χ1) is 8.72. The molecule has 0 radical (unpaired) electrons. The molecule has 0 spiro atoms. The summed E-state index contributed by atoms with van der Waals surface area (Å²) in [7, 11) is -4.27. The molecule has 0 atom stereocenters. The predicted octanol–water partition coefficient (Wildman–Crippen LogP) is 0.768. The predicted molar refractivity (Wildman–Crippen MR) is 64.8 cm³/mol. The van der Waals surface area contributed by atoms with Crippen LogP contribution in [0.5, 0.6) is 0 Å². The molecule has 0 fully saturated rings. The third kappa shape index (κ3) is 4.56. The molecule has 0 heterocycles. The van der Waals surface area contributed by atoms with Crippen molar-refractivity contribution in [2.24, 2.45) is 0 Å². The van der Waals surface area contributed by atoms with Gasteiger partial charge in [-0.1, -0.05) is 0 Å². The van der Waals surface area contributed by atoms with E-state index in [0.717, 1.165) is 6.07 Å². The Bertz CT molecular complexity index is 573. The van der Waals surface area contributed by atoms with Crippen LogP contribution in [0.4, 0.5) is 8.78 Å². The zero-order valence-corrected chi connectivity index (χ0v) is 11.2. The number of sulfonamides is 1. The van der Waals surface area contributed by atoms with Gasteiger partial charge in [0.2, 0.25) is 15.9 Å². The van der Waals surface area contributed by atoms with Crippen molar-refractivity contribution in [3.05, 3.63) is 29.8 Å². The summed E-state index contributed by atoms with van der Waals surface area (Å²) in [6.07, 6.45) is 0. The molecule has 1 aromatic carbocycles. The molecule has 0 aliphatic carbocycles. The van der Waals surface area contributed by atoms with Crippen molar-refractivity contribution in [1.29, 1.82) is 0 Å². The highest BCUT2D eigenvalue weighted by atomic mass is 32.2. The molecule has 0 unspecified atom stereocenters. The highest BCUT2D eigenvalue weighted by molar-refractivity contribution is 7.89. The topological polar surface area (TPSA) is 75.3 Å². The maximum Gasteiger partial charge on any atom is 0.244 e. The Hall–Kier alpha value is -1.54. The number of amides is 1. The number of carbonyl (C=O) groups excluding carboxylic acids is 1. The van der Waals surface area contributed by atoms with E-state index < -0.39 is 39.0 Å². The fraction of sp³-hybridized carbons (Fsp3) is 0.364. The van der Waals surface area contributed by atoms with Crippen LogP contribution in [0, 0.1) is 11.6 Å². The Morgan fingerprint density at radius 1 is 1.32 bits per heavy atom. The second kappa shape index (κ2) is 6.07. The molecule has 8 heteroatoms. The largest absolute Gasteiger partial charge is 0.353 e. The van der Waals surface area contributed by atoms with E-state index in [2.05, 4.69) is 5.32 Å². The van der Waals surface area contributed by atoms with Crippen LogP contribution in [-0.2, 0) is 14.8 Å². The summed E-state index contributed by atoms with van der Waals surface area (Å²) in [6, 6.07) is 1.92. The van der Waals surface area contributed by atoms with E-state index in [4.69, 9.17) is 0 Å². The monoisotopic (exact) mass is 292 g/mol. The van der Waals surface area contributed by atoms with Gasteiger partial charge in [-0.2, -0.15) is 0 Å². The van der Waals surface area contributed by atoms with Crippen molar-refractivity contribution in [1.82, 2.24) is 10.0 Å². The first-order valence-corrected chi connectivity index (χ1v) is 6.95. The Morgan fingerprint density at radius 3 is 2.53 bits per heavy atom. The number of benzene rings is 1. The van der Waals surface area contributed by atoms with Gasteiger partial charge in [0, 0.05) is 6.04 Å². The number of carbonyl (C=O) groups is 1. The third-order valence-corrected chi connectivity index (χ3v) is 3.47. The van der Waals surface area contributed by atoms with E-state index in [-0.39, 0.29) is 6.04 Å². The molecule has 19 heavy (non-hydrogen) atoms. The minimum atomic E-state index is -4.27. The maximum atomic E-state index is 13.3. The van der Waals surface area contributed by atoms with Gasteiger partial charge in [0.05, 0.1) is 6.54 Å². The Morgan fingerprint density at radius 2 is 1.95 bits per heavy atom. The maximum absolute atomic E-state index is 13.3. The van der Waals surface area contributed by atoms with Crippen LogP contribution in [0.15, 0.2) is 23.1 Å². The van der Waals surface area contributed by atoms with Gasteiger partial charge in [-0.05, 0) is 32.0 Å². The Kier molecular flexibility index (Phi) is 4.96. The molecule has 0 aliphatic heterocycles. The van der Waals surface area contributed by atoms with Crippen LogP contribution in [0.1, 0.15) is 13.8 Å². The average Bonchev–Trinajstić information content (AvgIpc) is 2.29. The summed E-state index contributed by atoms with van der Waals surface area (Å²) in [5.41, 5.74) is 0. The molecule has 1 amide bonds. The third-order valence-electron chi connectivity index (χ3n) is 2.06. The summed E-state index contributed by atoms with van der Waals surface area (Å²) < 4.78 is 51.5. The summed E-state index contributed by atoms with van der Waals surface area (Å²) in [4.78, 5) is 10.4. The van der Waals surface area contributed by atoms with Gasteiger partial charge in [0.15, 0.2) is 0 Å². The summed E-state index contributed by atoms with van der Waals surface area (Å²) >= 11 is 0. The van der Waals surface area contributed by atoms with Gasteiger partial charge < -0.3 is 5.32 Å². The molecule has 106 valence electrons. The average molecular weight is 292 g/mol. The molecular formula is C11H14F2N2O3S. The molecule has 0 aromatic heterocycles. The van der Waals surface area contributed by atoms with Crippen molar-refractivity contribution < 1.29 is 22.0 Å². The molecule has 0 saturated heterocycles. The second-order valence-electron chi connectivity index (χ2n) is 4.12. The van der Waals surface area contributed by atoms with E-state index in [9.17, 15) is 22.0 Å². The number of halogens is 2. The van der Waals surface area contributed by atoms with Crippen LogP contribution in [-0.4, -0.2) is 26.9 Å². The van der Waals surface area contributed by atoms with Crippen LogP contribution in [0.3, 0.4) is 0 Å². The zero-order valence-electron chi connectivity index (χ0n) is 10.4. The fourth-order valence-electron chi connectivity index (χ4n) is 1.29. The lowest BCUT2D eigenvalue weighted by Gasteiger charge is -2.10. The van der Waals surface area contributed by atoms with E-state index in [0.29, 0.717) is 12.1 Å². The smallest absolute Gasteiger partial charge is 0.244 e. The number of rotatable bonds is 5. The molecule has 0 bridgehead atoms. The zero-order chi connectivity index (χ0) is 14.6. The first-order valence-electron chi connectivity index (χ1n) is 5.46. The first kappa shape index (κ1) is 15.5. The fourth-order valence-corrected chi connectivity index (χ4v) is 2.36. The molecule has 1 rings (SSSR count). The second-order valence-corrected chi connectivity index (χ2v) is 5.86. The van der Waals surface area contributed by atoms with Crippen LogP contribution in [0.2, 0.25) is 0 Å². The van der Waals surface area contributed by atoms with E-state index in [1.807, 2.05) is 4.72 Å². The minimum Gasteiger partial charge on any atom is -0.353 e. The SMILES string of the molecule is CC(C)NC(=O)CNS(=O)(=O)c1cc(F)ccc1F. The molecule has 2 N–H and O–H groups in total. The van der Waals surface area contributed by atoms with E-state index in [1.54, 1.807) is 13.8 Å². The van der Waals surface area contributed by atoms with Crippen molar-refractivity contribution in [3.8, 4) is 0 Å². The van der Waals surface area contributed by atoms with Gasteiger partial charge in [0.1, 0.15) is 16.5 Å².